The van der Waals surface area contributed by atoms with E-state index in [1.165, 1.54) is 18.0 Å². The van der Waals surface area contributed by atoms with Gasteiger partial charge < -0.3 is 10.2 Å². The van der Waals surface area contributed by atoms with Gasteiger partial charge in [0.05, 0.1) is 12.2 Å². The fraction of sp³-hybridized carbons (Fsp3) is 0.308. The number of hydrogen-bond acceptors (Lipinski definition) is 5. The van der Waals surface area contributed by atoms with Gasteiger partial charge in [0, 0.05) is 18.9 Å². The van der Waals surface area contributed by atoms with Crippen molar-refractivity contribution in [3.63, 3.8) is 0 Å². The van der Waals surface area contributed by atoms with Crippen LogP contribution in [0.1, 0.15) is 22.1 Å². The standard InChI is InChI=1S/C13H16N4OS/c1-17(2)12(10-3-6-19-9-10)8-16-13(18)11-7-14-4-5-15-11/h3-7,9,12H,8H2,1-2H3,(H,16,18)/t12-/m1/s1. The average molecular weight is 276 g/mol. The smallest absolute Gasteiger partial charge is 0.271 e. The number of carbonyl (C=O) groups is 1. The number of likely N-dealkylation sites (N-methyl/N-ethyl adjacent to an activating group) is 1. The van der Waals surface area contributed by atoms with E-state index in [0.29, 0.717) is 12.2 Å². The van der Waals surface area contributed by atoms with Crippen LogP contribution in [-0.4, -0.2) is 41.4 Å². The maximum absolute atomic E-state index is 11.9. The summed E-state index contributed by atoms with van der Waals surface area (Å²) in [5.41, 5.74) is 1.54. The molecule has 1 atom stereocenters. The van der Waals surface area contributed by atoms with Crippen molar-refractivity contribution in [1.29, 1.82) is 0 Å². The van der Waals surface area contributed by atoms with E-state index in [2.05, 4.69) is 31.6 Å². The van der Waals surface area contributed by atoms with E-state index < -0.39 is 0 Å². The molecule has 2 rings (SSSR count). The van der Waals surface area contributed by atoms with Crippen molar-refractivity contribution in [3.05, 3.63) is 46.7 Å². The lowest BCUT2D eigenvalue weighted by Gasteiger charge is -2.23. The van der Waals surface area contributed by atoms with Gasteiger partial charge in [0.15, 0.2) is 0 Å². The Balaban J connectivity index is 1.98. The summed E-state index contributed by atoms with van der Waals surface area (Å²) < 4.78 is 0. The van der Waals surface area contributed by atoms with E-state index in [-0.39, 0.29) is 11.9 Å². The normalized spacial score (nSPS) is 12.4. The minimum Gasteiger partial charge on any atom is -0.349 e. The van der Waals surface area contributed by atoms with E-state index >= 15 is 0 Å². The summed E-state index contributed by atoms with van der Waals surface area (Å²) >= 11 is 1.65. The SMILES string of the molecule is CN(C)[C@H](CNC(=O)c1cnccn1)c1ccsc1. The molecule has 0 saturated heterocycles. The first-order valence-electron chi connectivity index (χ1n) is 5.91. The molecule has 2 aromatic heterocycles. The highest BCUT2D eigenvalue weighted by molar-refractivity contribution is 7.07. The fourth-order valence-electron chi connectivity index (χ4n) is 1.76. The largest absolute Gasteiger partial charge is 0.349 e. The van der Waals surface area contributed by atoms with Crippen molar-refractivity contribution >= 4 is 17.2 Å². The number of carbonyl (C=O) groups excluding carboxylic acids is 1. The second-order valence-corrected chi connectivity index (χ2v) is 5.12. The average Bonchev–Trinajstić information content (AvgIpc) is 2.93. The predicted octanol–water partition coefficient (Wildman–Crippen LogP) is 1.57. The molecule has 100 valence electrons. The van der Waals surface area contributed by atoms with Crippen molar-refractivity contribution in [2.24, 2.45) is 0 Å². The van der Waals surface area contributed by atoms with E-state index in [0.717, 1.165) is 0 Å². The molecule has 0 aliphatic carbocycles. The fourth-order valence-corrected chi connectivity index (χ4v) is 2.47. The van der Waals surface area contributed by atoms with Gasteiger partial charge >= 0.3 is 0 Å². The maximum Gasteiger partial charge on any atom is 0.271 e. The molecule has 0 saturated carbocycles. The summed E-state index contributed by atoms with van der Waals surface area (Å²) in [7, 11) is 3.99. The third-order valence-electron chi connectivity index (χ3n) is 2.80. The zero-order chi connectivity index (χ0) is 13.7. The first-order valence-corrected chi connectivity index (χ1v) is 6.85. The Morgan fingerprint density at radius 3 is 2.89 bits per heavy atom. The molecule has 0 bridgehead atoms. The summed E-state index contributed by atoms with van der Waals surface area (Å²) in [5.74, 6) is -0.199. The highest BCUT2D eigenvalue weighted by atomic mass is 32.1. The van der Waals surface area contributed by atoms with Crippen molar-refractivity contribution in [2.75, 3.05) is 20.6 Å². The van der Waals surface area contributed by atoms with Gasteiger partial charge in [-0.15, -0.1) is 0 Å². The Bertz CT molecular complexity index is 513. The number of thiophene rings is 1. The summed E-state index contributed by atoms with van der Waals surface area (Å²) in [6.07, 6.45) is 4.52. The Kier molecular flexibility index (Phi) is 4.59. The zero-order valence-corrected chi connectivity index (χ0v) is 11.7. The third kappa shape index (κ3) is 3.59. The first-order chi connectivity index (χ1) is 9.18. The lowest BCUT2D eigenvalue weighted by atomic mass is 10.1. The van der Waals surface area contributed by atoms with Gasteiger partial charge in [0.1, 0.15) is 5.69 Å². The molecule has 0 aliphatic rings. The second-order valence-electron chi connectivity index (χ2n) is 4.34. The first kappa shape index (κ1) is 13.6. The molecule has 0 aromatic carbocycles. The maximum atomic E-state index is 11.9. The number of rotatable bonds is 5. The van der Waals surface area contributed by atoms with Crippen molar-refractivity contribution in [1.82, 2.24) is 20.2 Å². The number of nitrogens with zero attached hydrogens (tertiary/aromatic N) is 3. The highest BCUT2D eigenvalue weighted by Gasteiger charge is 2.16. The summed E-state index contributed by atoms with van der Waals surface area (Å²) in [6, 6.07) is 2.23. The number of hydrogen-bond donors (Lipinski definition) is 1. The van der Waals surface area contributed by atoms with Crippen LogP contribution in [0.2, 0.25) is 0 Å². The molecule has 0 aliphatic heterocycles. The molecule has 2 aromatic rings. The summed E-state index contributed by atoms with van der Waals surface area (Å²) in [4.78, 5) is 21.9. The second kappa shape index (κ2) is 6.40. The van der Waals surface area contributed by atoms with Crippen LogP contribution in [0.25, 0.3) is 0 Å². The molecule has 6 heteroatoms. The van der Waals surface area contributed by atoms with Gasteiger partial charge in [-0.3, -0.25) is 9.78 Å². The van der Waals surface area contributed by atoms with Gasteiger partial charge in [-0.2, -0.15) is 11.3 Å². The number of aromatic nitrogens is 2. The Morgan fingerprint density at radius 1 is 1.47 bits per heavy atom. The third-order valence-corrected chi connectivity index (χ3v) is 3.50. The monoisotopic (exact) mass is 276 g/mol. The zero-order valence-electron chi connectivity index (χ0n) is 10.9. The van der Waals surface area contributed by atoms with Gasteiger partial charge in [-0.25, -0.2) is 4.98 Å². The Labute approximate surface area is 116 Å². The molecule has 1 amide bonds. The molecule has 0 spiro atoms. The van der Waals surface area contributed by atoms with Crippen LogP contribution in [0.15, 0.2) is 35.4 Å². The molecule has 0 unspecified atom stereocenters. The van der Waals surface area contributed by atoms with E-state index in [9.17, 15) is 4.79 Å². The number of nitrogens with one attached hydrogen (secondary N) is 1. The van der Waals surface area contributed by atoms with Gasteiger partial charge in [0.25, 0.3) is 5.91 Å². The van der Waals surface area contributed by atoms with Crippen LogP contribution in [0.3, 0.4) is 0 Å². The predicted molar refractivity (Wildman–Crippen MR) is 75.1 cm³/mol. The van der Waals surface area contributed by atoms with Crippen LogP contribution < -0.4 is 5.32 Å². The molecule has 19 heavy (non-hydrogen) atoms. The van der Waals surface area contributed by atoms with Gasteiger partial charge in [0.2, 0.25) is 0 Å². The van der Waals surface area contributed by atoms with E-state index in [4.69, 9.17) is 0 Å². The van der Waals surface area contributed by atoms with Crippen LogP contribution in [-0.2, 0) is 0 Å². The Hall–Kier alpha value is -1.79. The Morgan fingerprint density at radius 2 is 2.32 bits per heavy atom. The summed E-state index contributed by atoms with van der Waals surface area (Å²) in [5, 5.41) is 7.02. The molecule has 5 nitrogen and oxygen atoms in total. The molecular formula is C13H16N4OS. The quantitative estimate of drug-likeness (QED) is 0.900. The van der Waals surface area contributed by atoms with E-state index in [1.54, 1.807) is 17.5 Å². The van der Waals surface area contributed by atoms with Crippen LogP contribution in [0, 0.1) is 0 Å². The topological polar surface area (TPSA) is 58.1 Å². The minimum atomic E-state index is -0.199. The lowest BCUT2D eigenvalue weighted by molar-refractivity contribution is 0.0936. The molecule has 0 radical (unpaired) electrons. The molecule has 2 heterocycles. The van der Waals surface area contributed by atoms with Crippen LogP contribution in [0.4, 0.5) is 0 Å². The van der Waals surface area contributed by atoms with Gasteiger partial charge in [-0.1, -0.05) is 0 Å². The molecule has 0 fully saturated rings. The molecular weight excluding hydrogens is 260 g/mol. The van der Waals surface area contributed by atoms with Crippen molar-refractivity contribution in [3.8, 4) is 0 Å². The van der Waals surface area contributed by atoms with E-state index in [1.807, 2.05) is 19.5 Å². The number of amides is 1. The minimum absolute atomic E-state index is 0.159. The van der Waals surface area contributed by atoms with Gasteiger partial charge in [-0.05, 0) is 36.5 Å². The lowest BCUT2D eigenvalue weighted by Crippen LogP contribution is -2.34. The van der Waals surface area contributed by atoms with Crippen LogP contribution in [0.5, 0.6) is 0 Å². The molecule has 1 N–H and O–H groups in total. The summed E-state index contributed by atoms with van der Waals surface area (Å²) in [6.45, 7) is 0.541. The van der Waals surface area contributed by atoms with Crippen molar-refractivity contribution < 1.29 is 4.79 Å². The van der Waals surface area contributed by atoms with Crippen molar-refractivity contribution in [2.45, 2.75) is 6.04 Å². The highest BCUT2D eigenvalue weighted by Crippen LogP contribution is 2.19. The van der Waals surface area contributed by atoms with Crippen LogP contribution >= 0.6 is 11.3 Å².